The van der Waals surface area contributed by atoms with Crippen molar-refractivity contribution in [2.75, 3.05) is 4.90 Å². The van der Waals surface area contributed by atoms with E-state index in [2.05, 4.69) is 169 Å². The van der Waals surface area contributed by atoms with E-state index >= 15 is 0 Å². The third-order valence-corrected chi connectivity index (χ3v) is 10.6. The lowest BCUT2D eigenvalue weighted by Gasteiger charge is -2.25. The van der Waals surface area contributed by atoms with Crippen LogP contribution in [-0.2, 0) is 0 Å². The van der Waals surface area contributed by atoms with Crippen molar-refractivity contribution in [2.24, 2.45) is 0 Å². The van der Waals surface area contributed by atoms with E-state index in [0.717, 1.165) is 33.6 Å². The van der Waals surface area contributed by atoms with E-state index in [4.69, 9.17) is 4.42 Å². The Kier molecular flexibility index (Phi) is 5.78. The summed E-state index contributed by atoms with van der Waals surface area (Å²) in [5, 5.41) is 9.94. The molecule has 47 heavy (non-hydrogen) atoms. The fourth-order valence-electron chi connectivity index (χ4n) is 7.22. The minimum Gasteiger partial charge on any atom is -0.454 e. The van der Waals surface area contributed by atoms with Crippen molar-refractivity contribution in [3.63, 3.8) is 0 Å². The molecule has 0 spiro atoms. The van der Waals surface area contributed by atoms with E-state index in [1.165, 1.54) is 58.2 Å². The molecule has 0 fully saturated rings. The van der Waals surface area contributed by atoms with Crippen molar-refractivity contribution in [1.82, 2.24) is 0 Å². The summed E-state index contributed by atoms with van der Waals surface area (Å²) in [4.78, 5) is 2.31. The molecule has 2 aromatic heterocycles. The number of furan rings is 1. The Hall–Kier alpha value is -5.90. The number of para-hydroxylation sites is 2. The maximum atomic E-state index is 6.82. The highest BCUT2D eigenvalue weighted by Gasteiger charge is 2.22. The molecule has 0 amide bonds. The van der Waals surface area contributed by atoms with Gasteiger partial charge in [-0.25, -0.2) is 0 Å². The van der Waals surface area contributed by atoms with Crippen molar-refractivity contribution < 1.29 is 4.42 Å². The van der Waals surface area contributed by atoms with Gasteiger partial charge in [0.25, 0.3) is 0 Å². The molecular weight excluding hydrogens is 591 g/mol. The fraction of sp³-hybridized carbons (Fsp3) is 0. The van der Waals surface area contributed by atoms with Crippen molar-refractivity contribution in [3.05, 3.63) is 164 Å². The first-order valence-electron chi connectivity index (χ1n) is 15.9. The Morgan fingerprint density at radius 1 is 0.447 bits per heavy atom. The van der Waals surface area contributed by atoms with Crippen molar-refractivity contribution in [3.8, 4) is 11.1 Å². The molecule has 0 bridgehead atoms. The Morgan fingerprint density at radius 3 is 2.02 bits per heavy atom. The van der Waals surface area contributed by atoms with E-state index in [0.29, 0.717) is 0 Å². The number of benzene rings is 8. The van der Waals surface area contributed by atoms with Gasteiger partial charge in [-0.15, -0.1) is 11.3 Å². The highest BCUT2D eigenvalue weighted by Crippen LogP contribution is 2.47. The summed E-state index contributed by atoms with van der Waals surface area (Å²) in [5.74, 6) is 0. The molecule has 0 saturated heterocycles. The maximum absolute atomic E-state index is 6.82. The lowest BCUT2D eigenvalue weighted by atomic mass is 10.0. The fourth-order valence-corrected chi connectivity index (χ4v) is 8.47. The van der Waals surface area contributed by atoms with Crippen LogP contribution in [0.4, 0.5) is 17.1 Å². The summed E-state index contributed by atoms with van der Waals surface area (Å²) in [6.45, 7) is 0. The molecule has 3 heteroatoms. The van der Waals surface area contributed by atoms with E-state index < -0.39 is 0 Å². The molecule has 2 nitrogen and oxygen atoms in total. The minimum absolute atomic E-state index is 0.887. The average molecular weight is 618 g/mol. The third kappa shape index (κ3) is 4.10. The molecule has 0 aliphatic rings. The van der Waals surface area contributed by atoms with Crippen molar-refractivity contribution >= 4 is 92.1 Å². The lowest BCUT2D eigenvalue weighted by molar-refractivity contribution is 0.669. The number of hydrogen-bond donors (Lipinski definition) is 0. The number of anilines is 3. The molecule has 10 rings (SSSR count). The number of rotatable bonds is 4. The zero-order chi connectivity index (χ0) is 30.9. The Morgan fingerprint density at radius 2 is 1.15 bits per heavy atom. The van der Waals surface area contributed by atoms with Crippen LogP contribution in [0.3, 0.4) is 0 Å². The van der Waals surface area contributed by atoms with Gasteiger partial charge in [-0.1, -0.05) is 115 Å². The van der Waals surface area contributed by atoms with Crippen LogP contribution in [0.5, 0.6) is 0 Å². The summed E-state index contributed by atoms with van der Waals surface area (Å²) in [5.41, 5.74) is 7.36. The SMILES string of the molecule is c1ccc(N(c2ccc(-c3ccc4ccccc4c3)cc2)c2cccc3c2oc2ccc4sc5c6ccccc6ccc5c4c23)cc1. The van der Waals surface area contributed by atoms with Crippen LogP contribution in [-0.4, -0.2) is 0 Å². The molecule has 220 valence electrons. The second-order valence-corrected chi connectivity index (χ2v) is 13.2. The maximum Gasteiger partial charge on any atom is 0.159 e. The Labute approximate surface area is 275 Å². The smallest absolute Gasteiger partial charge is 0.159 e. The first kappa shape index (κ1) is 26.3. The van der Waals surface area contributed by atoms with Gasteiger partial charge in [-0.3, -0.25) is 0 Å². The lowest BCUT2D eigenvalue weighted by Crippen LogP contribution is -2.10. The first-order valence-corrected chi connectivity index (χ1v) is 16.7. The number of nitrogens with zero attached hydrogens (tertiary/aromatic N) is 1. The minimum atomic E-state index is 0.887. The molecule has 10 aromatic rings. The molecule has 8 aromatic carbocycles. The van der Waals surface area contributed by atoms with Crippen LogP contribution in [0, 0.1) is 0 Å². The van der Waals surface area contributed by atoms with Gasteiger partial charge in [0.15, 0.2) is 5.58 Å². The topological polar surface area (TPSA) is 16.4 Å². The molecule has 0 aliphatic carbocycles. The second-order valence-electron chi connectivity index (χ2n) is 12.1. The predicted octanol–water partition coefficient (Wildman–Crippen LogP) is 13.4. The van der Waals surface area contributed by atoms with Gasteiger partial charge in [0, 0.05) is 42.3 Å². The number of fused-ring (bicyclic) bond motifs is 10. The van der Waals surface area contributed by atoms with Crippen LogP contribution in [0.2, 0.25) is 0 Å². The van der Waals surface area contributed by atoms with Gasteiger partial charge in [-0.05, 0) is 81.2 Å². The molecule has 0 radical (unpaired) electrons. The predicted molar refractivity (Wildman–Crippen MR) is 202 cm³/mol. The van der Waals surface area contributed by atoms with E-state index in [1.807, 2.05) is 11.3 Å². The van der Waals surface area contributed by atoms with Crippen LogP contribution < -0.4 is 4.90 Å². The van der Waals surface area contributed by atoms with E-state index in [9.17, 15) is 0 Å². The van der Waals surface area contributed by atoms with Gasteiger partial charge in [0.2, 0.25) is 0 Å². The molecule has 0 N–H and O–H groups in total. The zero-order valence-corrected chi connectivity index (χ0v) is 26.2. The standard InChI is InChI=1S/C44H27NOS/c1-2-12-33(13-3-1)45(34-22-19-29(20-23-34)32-18-17-28-9-4-5-11-31(28)27-32)38-16-8-15-36-41-39(46-43(36)38)25-26-40-42(41)37-24-21-30-10-6-7-14-35(30)44(37)47-40/h1-27H. The molecule has 0 aliphatic heterocycles. The quantitative estimate of drug-likeness (QED) is 0.195. The van der Waals surface area contributed by atoms with Crippen LogP contribution >= 0.6 is 11.3 Å². The molecule has 2 heterocycles. The molecule has 0 saturated carbocycles. The largest absolute Gasteiger partial charge is 0.454 e. The summed E-state index contributed by atoms with van der Waals surface area (Å²) in [7, 11) is 0. The van der Waals surface area contributed by atoms with Gasteiger partial charge >= 0.3 is 0 Å². The van der Waals surface area contributed by atoms with Crippen LogP contribution in [0.25, 0.3) is 74.8 Å². The van der Waals surface area contributed by atoms with Crippen LogP contribution in [0.15, 0.2) is 168 Å². The number of thiophene rings is 1. The van der Waals surface area contributed by atoms with Gasteiger partial charge in [-0.2, -0.15) is 0 Å². The number of hydrogen-bond acceptors (Lipinski definition) is 3. The van der Waals surface area contributed by atoms with Gasteiger partial charge in [0.1, 0.15) is 5.58 Å². The van der Waals surface area contributed by atoms with Gasteiger partial charge in [0.05, 0.1) is 5.69 Å². The highest BCUT2D eigenvalue weighted by atomic mass is 32.1. The average Bonchev–Trinajstić information content (AvgIpc) is 3.71. The summed E-state index contributed by atoms with van der Waals surface area (Å²) in [6.07, 6.45) is 0. The van der Waals surface area contributed by atoms with E-state index in [1.54, 1.807) is 0 Å². The monoisotopic (exact) mass is 617 g/mol. The van der Waals surface area contributed by atoms with Crippen molar-refractivity contribution in [2.45, 2.75) is 0 Å². The summed E-state index contributed by atoms with van der Waals surface area (Å²) in [6, 6.07) is 58.8. The summed E-state index contributed by atoms with van der Waals surface area (Å²) >= 11 is 1.87. The summed E-state index contributed by atoms with van der Waals surface area (Å²) < 4.78 is 9.42. The molecule has 0 unspecified atom stereocenters. The zero-order valence-electron chi connectivity index (χ0n) is 25.4. The van der Waals surface area contributed by atoms with Gasteiger partial charge < -0.3 is 9.32 Å². The Bertz CT molecular complexity index is 2790. The molecular formula is C44H27NOS. The van der Waals surface area contributed by atoms with E-state index in [-0.39, 0.29) is 0 Å². The van der Waals surface area contributed by atoms with Crippen LogP contribution in [0.1, 0.15) is 0 Å². The van der Waals surface area contributed by atoms with Crippen molar-refractivity contribution in [1.29, 1.82) is 0 Å². The third-order valence-electron chi connectivity index (χ3n) is 9.43. The molecule has 0 atom stereocenters. The Balaban J connectivity index is 1.17. The highest BCUT2D eigenvalue weighted by molar-refractivity contribution is 7.27. The first-order chi connectivity index (χ1) is 23.3. The second kappa shape index (κ2) is 10.3. The normalized spacial score (nSPS) is 11.8.